The first-order valence-corrected chi connectivity index (χ1v) is 11.5. The molecule has 1 aromatic heterocycles. The summed E-state index contributed by atoms with van der Waals surface area (Å²) in [5, 5.41) is 12.2. The second-order valence-electron chi connectivity index (χ2n) is 6.65. The van der Waals surface area contributed by atoms with Crippen molar-refractivity contribution in [1.82, 2.24) is 14.8 Å². The summed E-state index contributed by atoms with van der Waals surface area (Å²) in [5.74, 6) is 0.648. The quantitative estimate of drug-likeness (QED) is 0.240. The number of aromatic nitrogens is 3. The molecule has 33 heavy (non-hydrogen) atoms. The SMILES string of the molecule is C=CCn1c(COc2ccccc2Cl)nnc1SCC(=O)Nc1ccc(C(=O)OCC)cc1. The zero-order valence-electron chi connectivity index (χ0n) is 18.0. The standard InChI is InChI=1S/C23H23ClN4O4S/c1-3-13-28-20(14-32-19-8-6-5-7-18(19)24)26-27-23(28)33-15-21(29)25-17-11-9-16(10-12-17)22(30)31-4-2/h3,5-12H,1,4,13-15H2,2H3,(H,25,29). The fraction of sp³-hybridized carbons (Fsp3) is 0.217. The van der Waals surface area contributed by atoms with Crippen molar-refractivity contribution in [2.24, 2.45) is 0 Å². The number of thioether (sulfide) groups is 1. The van der Waals surface area contributed by atoms with Crippen molar-refractivity contribution in [2.75, 3.05) is 17.7 Å². The van der Waals surface area contributed by atoms with Crippen LogP contribution in [-0.4, -0.2) is 39.0 Å². The highest BCUT2D eigenvalue weighted by molar-refractivity contribution is 7.99. The first-order valence-electron chi connectivity index (χ1n) is 10.1. The third-order valence-corrected chi connectivity index (χ3v) is 5.59. The van der Waals surface area contributed by atoms with Gasteiger partial charge in [-0.25, -0.2) is 4.79 Å². The van der Waals surface area contributed by atoms with Crippen LogP contribution < -0.4 is 10.1 Å². The summed E-state index contributed by atoms with van der Waals surface area (Å²) < 4.78 is 12.5. The van der Waals surface area contributed by atoms with Gasteiger partial charge in [-0.3, -0.25) is 9.36 Å². The maximum absolute atomic E-state index is 12.4. The van der Waals surface area contributed by atoms with E-state index in [9.17, 15) is 9.59 Å². The Morgan fingerprint density at radius 2 is 1.94 bits per heavy atom. The van der Waals surface area contributed by atoms with Crippen molar-refractivity contribution < 1.29 is 19.1 Å². The number of nitrogens with zero attached hydrogens (tertiary/aromatic N) is 3. The van der Waals surface area contributed by atoms with E-state index in [0.717, 1.165) is 0 Å². The summed E-state index contributed by atoms with van der Waals surface area (Å²) in [5.41, 5.74) is 1.00. The summed E-state index contributed by atoms with van der Waals surface area (Å²) in [6, 6.07) is 13.7. The molecule has 8 nitrogen and oxygen atoms in total. The van der Waals surface area contributed by atoms with Crippen LogP contribution in [-0.2, 0) is 22.7 Å². The number of hydrogen-bond donors (Lipinski definition) is 1. The molecule has 2 aromatic carbocycles. The number of allylic oxidation sites excluding steroid dienone is 1. The molecule has 0 spiro atoms. The molecule has 1 N–H and O–H groups in total. The van der Waals surface area contributed by atoms with Crippen LogP contribution in [0.1, 0.15) is 23.1 Å². The molecule has 0 bridgehead atoms. The number of esters is 1. The molecule has 0 unspecified atom stereocenters. The van der Waals surface area contributed by atoms with Crippen molar-refractivity contribution in [1.29, 1.82) is 0 Å². The van der Waals surface area contributed by atoms with Gasteiger partial charge in [-0.05, 0) is 43.3 Å². The van der Waals surface area contributed by atoms with E-state index >= 15 is 0 Å². The van der Waals surface area contributed by atoms with Gasteiger partial charge in [0.1, 0.15) is 12.4 Å². The predicted molar refractivity (Wildman–Crippen MR) is 128 cm³/mol. The van der Waals surface area contributed by atoms with E-state index < -0.39 is 5.97 Å². The molecule has 3 aromatic rings. The number of amides is 1. The van der Waals surface area contributed by atoms with Crippen LogP contribution in [0, 0.1) is 0 Å². The van der Waals surface area contributed by atoms with Gasteiger partial charge in [0, 0.05) is 12.2 Å². The molecule has 1 amide bonds. The zero-order chi connectivity index (χ0) is 23.6. The number of carbonyl (C=O) groups is 2. The molecular weight excluding hydrogens is 464 g/mol. The lowest BCUT2D eigenvalue weighted by molar-refractivity contribution is -0.113. The topological polar surface area (TPSA) is 95.3 Å². The van der Waals surface area contributed by atoms with Crippen LogP contribution in [0.25, 0.3) is 0 Å². The third-order valence-electron chi connectivity index (χ3n) is 4.31. The zero-order valence-corrected chi connectivity index (χ0v) is 19.6. The molecule has 0 saturated carbocycles. The van der Waals surface area contributed by atoms with Crippen molar-refractivity contribution >= 4 is 40.9 Å². The monoisotopic (exact) mass is 486 g/mol. The van der Waals surface area contributed by atoms with E-state index in [1.807, 2.05) is 16.7 Å². The van der Waals surface area contributed by atoms with Crippen LogP contribution in [0.2, 0.25) is 5.02 Å². The molecule has 172 valence electrons. The van der Waals surface area contributed by atoms with Gasteiger partial charge < -0.3 is 14.8 Å². The van der Waals surface area contributed by atoms with Crippen LogP contribution in [0.15, 0.2) is 66.3 Å². The van der Waals surface area contributed by atoms with E-state index in [2.05, 4.69) is 22.1 Å². The number of ether oxygens (including phenoxy) is 2. The first kappa shape index (κ1) is 24.3. The minimum Gasteiger partial charge on any atom is -0.484 e. The van der Waals surface area contributed by atoms with E-state index in [-0.39, 0.29) is 18.3 Å². The number of anilines is 1. The van der Waals surface area contributed by atoms with Crippen molar-refractivity contribution in [3.63, 3.8) is 0 Å². The molecular formula is C23H23ClN4O4S. The van der Waals surface area contributed by atoms with Crippen molar-refractivity contribution in [3.8, 4) is 5.75 Å². The molecule has 0 radical (unpaired) electrons. The molecule has 0 aliphatic rings. The molecule has 0 aliphatic heterocycles. The Balaban J connectivity index is 1.57. The van der Waals surface area contributed by atoms with E-state index in [4.69, 9.17) is 21.1 Å². The Kier molecular flexibility index (Phi) is 8.91. The number of halogens is 1. The average Bonchev–Trinajstić information content (AvgIpc) is 3.19. The molecule has 0 atom stereocenters. The number of rotatable bonds is 11. The number of para-hydroxylation sites is 1. The molecule has 3 rings (SSSR count). The fourth-order valence-corrected chi connectivity index (χ4v) is 3.74. The Bertz CT molecular complexity index is 1120. The highest BCUT2D eigenvalue weighted by Crippen LogP contribution is 2.25. The Labute approximate surface area is 200 Å². The lowest BCUT2D eigenvalue weighted by atomic mass is 10.2. The lowest BCUT2D eigenvalue weighted by Crippen LogP contribution is -2.15. The first-order chi connectivity index (χ1) is 16.0. The number of nitrogens with one attached hydrogen (secondary N) is 1. The van der Waals surface area contributed by atoms with E-state index in [0.29, 0.717) is 46.2 Å². The summed E-state index contributed by atoms with van der Waals surface area (Å²) in [7, 11) is 0. The number of carbonyl (C=O) groups excluding carboxylic acids is 2. The lowest BCUT2D eigenvalue weighted by Gasteiger charge is -2.10. The summed E-state index contributed by atoms with van der Waals surface area (Å²) in [4.78, 5) is 24.1. The van der Waals surface area contributed by atoms with Gasteiger partial charge in [-0.15, -0.1) is 16.8 Å². The minimum atomic E-state index is -0.401. The van der Waals surface area contributed by atoms with E-state index in [1.54, 1.807) is 49.4 Å². The van der Waals surface area contributed by atoms with Gasteiger partial charge in [-0.2, -0.15) is 0 Å². The predicted octanol–water partition coefficient (Wildman–Crippen LogP) is 4.60. The van der Waals surface area contributed by atoms with Gasteiger partial charge in [0.15, 0.2) is 11.0 Å². The van der Waals surface area contributed by atoms with Crippen LogP contribution >= 0.6 is 23.4 Å². The third kappa shape index (κ3) is 6.84. The van der Waals surface area contributed by atoms with Crippen LogP contribution in [0.3, 0.4) is 0 Å². The van der Waals surface area contributed by atoms with Crippen LogP contribution in [0.4, 0.5) is 5.69 Å². The number of hydrogen-bond acceptors (Lipinski definition) is 7. The molecule has 0 saturated heterocycles. The van der Waals surface area contributed by atoms with Crippen LogP contribution in [0.5, 0.6) is 5.75 Å². The van der Waals surface area contributed by atoms with Gasteiger partial charge in [-0.1, -0.05) is 41.6 Å². The Morgan fingerprint density at radius 3 is 2.64 bits per heavy atom. The van der Waals surface area contributed by atoms with Gasteiger partial charge >= 0.3 is 5.97 Å². The van der Waals surface area contributed by atoms with Crippen molar-refractivity contribution in [2.45, 2.75) is 25.2 Å². The number of benzene rings is 2. The smallest absolute Gasteiger partial charge is 0.338 e. The highest BCUT2D eigenvalue weighted by Gasteiger charge is 2.15. The fourth-order valence-electron chi connectivity index (χ4n) is 2.78. The summed E-state index contributed by atoms with van der Waals surface area (Å²) >= 11 is 7.38. The van der Waals surface area contributed by atoms with Gasteiger partial charge in [0.2, 0.25) is 5.91 Å². The highest BCUT2D eigenvalue weighted by atomic mass is 35.5. The summed E-state index contributed by atoms with van der Waals surface area (Å²) in [6.45, 7) is 6.46. The molecule has 0 fully saturated rings. The second kappa shape index (κ2) is 12.1. The maximum Gasteiger partial charge on any atom is 0.338 e. The largest absolute Gasteiger partial charge is 0.484 e. The van der Waals surface area contributed by atoms with Gasteiger partial charge in [0.05, 0.1) is 22.9 Å². The normalized spacial score (nSPS) is 10.5. The average molecular weight is 487 g/mol. The van der Waals surface area contributed by atoms with Gasteiger partial charge in [0.25, 0.3) is 0 Å². The Morgan fingerprint density at radius 1 is 1.18 bits per heavy atom. The van der Waals surface area contributed by atoms with Crippen molar-refractivity contribution in [3.05, 3.63) is 77.6 Å². The molecule has 1 heterocycles. The summed E-state index contributed by atoms with van der Waals surface area (Å²) in [6.07, 6.45) is 1.72. The maximum atomic E-state index is 12.4. The second-order valence-corrected chi connectivity index (χ2v) is 8.00. The minimum absolute atomic E-state index is 0.125. The Hall–Kier alpha value is -3.30. The molecule has 0 aliphatic carbocycles. The molecule has 10 heteroatoms. The van der Waals surface area contributed by atoms with E-state index in [1.165, 1.54) is 11.8 Å².